The molecule has 3 aliphatic rings. The quantitative estimate of drug-likeness (QED) is 0.208. The van der Waals surface area contributed by atoms with E-state index in [-0.39, 0.29) is 30.9 Å². The van der Waals surface area contributed by atoms with Crippen molar-refractivity contribution < 1.29 is 29.0 Å². The normalized spacial score (nSPS) is 29.3. The summed E-state index contributed by atoms with van der Waals surface area (Å²) in [6.07, 6.45) is 5.17. The summed E-state index contributed by atoms with van der Waals surface area (Å²) in [5.41, 5.74) is 0.969. The van der Waals surface area contributed by atoms with Crippen LogP contribution in [0.2, 0.25) is 0 Å². The van der Waals surface area contributed by atoms with E-state index in [0.717, 1.165) is 16.8 Å². The Labute approximate surface area is 260 Å². The monoisotopic (exact) mass is 600 g/mol. The molecule has 3 saturated heterocycles. The minimum Gasteiger partial charge on any atom is -0.465 e. The van der Waals surface area contributed by atoms with Crippen LogP contribution in [0.15, 0.2) is 73.8 Å². The number of fused-ring (bicyclic) bond motifs is 1. The fourth-order valence-electron chi connectivity index (χ4n) is 7.97. The summed E-state index contributed by atoms with van der Waals surface area (Å²) in [5, 5.41) is 10.8. The van der Waals surface area contributed by atoms with E-state index >= 15 is 4.79 Å². The minimum atomic E-state index is -1.29. The maximum absolute atomic E-state index is 15.1. The Morgan fingerprint density at radius 1 is 1.14 bits per heavy atom. The summed E-state index contributed by atoms with van der Waals surface area (Å²) in [6, 6.07) is 13.1. The van der Waals surface area contributed by atoms with Crippen molar-refractivity contribution in [2.75, 3.05) is 24.7 Å². The highest BCUT2D eigenvalue weighted by molar-refractivity contribution is 6.05. The van der Waals surface area contributed by atoms with Crippen LogP contribution in [0.1, 0.15) is 55.8 Å². The van der Waals surface area contributed by atoms with Crippen molar-refractivity contribution in [1.29, 1.82) is 0 Å². The molecular formula is C36H44N2O6. The largest absolute Gasteiger partial charge is 0.465 e. The number of carbonyl (C=O) groups excluding carboxylic acids is 3. The lowest BCUT2D eigenvalue weighted by Crippen LogP contribution is -2.57. The van der Waals surface area contributed by atoms with Crippen LogP contribution in [0, 0.1) is 31.6 Å². The van der Waals surface area contributed by atoms with Crippen LogP contribution in [-0.2, 0) is 23.9 Å². The van der Waals surface area contributed by atoms with Gasteiger partial charge in [0.2, 0.25) is 5.91 Å². The van der Waals surface area contributed by atoms with Gasteiger partial charge in [-0.2, -0.15) is 0 Å². The van der Waals surface area contributed by atoms with Gasteiger partial charge in [0.05, 0.1) is 30.8 Å². The van der Waals surface area contributed by atoms with E-state index in [9.17, 15) is 14.7 Å². The van der Waals surface area contributed by atoms with Gasteiger partial charge in [-0.3, -0.25) is 14.4 Å². The van der Waals surface area contributed by atoms with Crippen LogP contribution < -0.4 is 4.90 Å². The van der Waals surface area contributed by atoms with Crippen molar-refractivity contribution in [1.82, 2.24) is 4.90 Å². The number of hydrogen-bond acceptors (Lipinski definition) is 6. The molecule has 3 unspecified atom stereocenters. The third kappa shape index (κ3) is 4.88. The van der Waals surface area contributed by atoms with E-state index in [4.69, 9.17) is 9.47 Å². The van der Waals surface area contributed by atoms with Crippen LogP contribution in [0.5, 0.6) is 0 Å². The van der Waals surface area contributed by atoms with Crippen molar-refractivity contribution in [3.05, 3.63) is 90.5 Å². The number of anilines is 1. The third-order valence-electron chi connectivity index (χ3n) is 10.0. The highest BCUT2D eigenvalue weighted by Gasteiger charge is 2.81. The Balaban J connectivity index is 1.67. The number of allylic oxidation sites excluding steroid dienone is 1. The first-order chi connectivity index (χ1) is 21.1. The molecule has 3 heterocycles. The van der Waals surface area contributed by atoms with E-state index in [1.165, 1.54) is 4.90 Å². The zero-order valence-electron chi connectivity index (χ0n) is 26.2. The molecule has 234 valence electrons. The number of esters is 1. The smallest absolute Gasteiger partial charge is 0.312 e. The standard InChI is InChI=1S/C36H44N2O6/c1-7-9-13-20-43-34(42)29-28-32(40)38(27(22-39)26-17-11-10-12-18-26)31(36(28)21-25(5)35(29,6)44-36)33(41)37(19-8-2)30-23(3)15-14-16-24(30)4/h7-8,10-12,14-18,25,27-29,31,39H,1-2,9,13,19-22H2,3-6H3/t25?,27-,28+,29+,31?,35-,36?/m1/s1. The molecule has 0 radical (unpaired) electrons. The lowest BCUT2D eigenvalue weighted by atomic mass is 9.62. The number of benzene rings is 2. The van der Waals surface area contributed by atoms with Gasteiger partial charge in [0.15, 0.2) is 0 Å². The highest BCUT2D eigenvalue weighted by atomic mass is 16.6. The summed E-state index contributed by atoms with van der Waals surface area (Å²) in [7, 11) is 0. The van der Waals surface area contributed by atoms with Crippen LogP contribution in [-0.4, -0.2) is 64.8 Å². The number of nitrogens with zero attached hydrogens (tertiary/aromatic N) is 2. The number of para-hydroxylation sites is 1. The second-order valence-electron chi connectivity index (χ2n) is 12.6. The average Bonchev–Trinajstić information content (AvgIpc) is 3.52. The number of aliphatic hydroxyl groups excluding tert-OH is 1. The number of ether oxygens (including phenoxy) is 2. The van der Waals surface area contributed by atoms with Crippen molar-refractivity contribution >= 4 is 23.5 Å². The van der Waals surface area contributed by atoms with E-state index in [1.807, 2.05) is 76.2 Å². The van der Waals surface area contributed by atoms with Gasteiger partial charge < -0.3 is 24.4 Å². The predicted molar refractivity (Wildman–Crippen MR) is 169 cm³/mol. The average molecular weight is 601 g/mol. The molecule has 5 rings (SSSR count). The molecule has 7 atom stereocenters. The molecular weight excluding hydrogens is 556 g/mol. The van der Waals surface area contributed by atoms with E-state index < -0.39 is 47.7 Å². The molecule has 2 aromatic carbocycles. The Bertz CT molecular complexity index is 1420. The van der Waals surface area contributed by atoms with Crippen molar-refractivity contribution in [2.24, 2.45) is 17.8 Å². The molecule has 1 spiro atoms. The van der Waals surface area contributed by atoms with E-state index in [0.29, 0.717) is 24.8 Å². The Kier molecular flexibility index (Phi) is 8.87. The molecule has 8 nitrogen and oxygen atoms in total. The molecule has 0 aliphatic carbocycles. The molecule has 3 fully saturated rings. The maximum Gasteiger partial charge on any atom is 0.312 e. The number of amides is 2. The predicted octanol–water partition coefficient (Wildman–Crippen LogP) is 5.08. The van der Waals surface area contributed by atoms with Gasteiger partial charge in [0, 0.05) is 12.2 Å². The molecule has 2 bridgehead atoms. The first-order valence-corrected chi connectivity index (χ1v) is 15.5. The Morgan fingerprint density at radius 3 is 2.43 bits per heavy atom. The molecule has 8 heteroatoms. The number of rotatable bonds is 12. The van der Waals surface area contributed by atoms with Crippen molar-refractivity contribution in [2.45, 2.75) is 70.2 Å². The lowest BCUT2D eigenvalue weighted by Gasteiger charge is -2.40. The molecule has 2 aromatic rings. The maximum atomic E-state index is 15.1. The summed E-state index contributed by atoms with van der Waals surface area (Å²) >= 11 is 0. The zero-order chi connectivity index (χ0) is 31.8. The van der Waals surface area contributed by atoms with Gasteiger partial charge in [-0.15, -0.1) is 13.2 Å². The Hall–Kier alpha value is -3.75. The Morgan fingerprint density at radius 2 is 1.82 bits per heavy atom. The summed E-state index contributed by atoms with van der Waals surface area (Å²) in [6.45, 7) is 15.4. The van der Waals surface area contributed by atoms with Gasteiger partial charge in [0.1, 0.15) is 17.6 Å². The second kappa shape index (κ2) is 12.3. The number of aryl methyl sites for hydroxylation is 2. The fourth-order valence-corrected chi connectivity index (χ4v) is 7.97. The summed E-state index contributed by atoms with van der Waals surface area (Å²) in [4.78, 5) is 46.9. The number of carbonyl (C=O) groups is 3. The topological polar surface area (TPSA) is 96.4 Å². The van der Waals surface area contributed by atoms with Crippen molar-refractivity contribution in [3.63, 3.8) is 0 Å². The van der Waals surface area contributed by atoms with Crippen LogP contribution >= 0.6 is 0 Å². The number of hydrogen-bond donors (Lipinski definition) is 1. The summed E-state index contributed by atoms with van der Waals surface area (Å²) < 4.78 is 12.6. The SMILES string of the molecule is C=CCCCOC(=O)[C@@H]1[C@H]2C(=O)N([C@H](CO)c3ccccc3)C(C(=O)N(CC=C)c3c(C)cccc3C)C23CC(C)[C@@]1(C)O3. The number of likely N-dealkylation sites (tertiary alicyclic amines) is 1. The van der Waals surface area contributed by atoms with Crippen LogP contribution in [0.25, 0.3) is 0 Å². The fraction of sp³-hybridized carbons (Fsp3) is 0.472. The van der Waals surface area contributed by atoms with Gasteiger partial charge in [-0.1, -0.05) is 67.6 Å². The molecule has 1 N–H and O–H groups in total. The van der Waals surface area contributed by atoms with Crippen molar-refractivity contribution in [3.8, 4) is 0 Å². The second-order valence-corrected chi connectivity index (χ2v) is 12.6. The van der Waals surface area contributed by atoms with Crippen LogP contribution in [0.3, 0.4) is 0 Å². The van der Waals surface area contributed by atoms with Crippen LogP contribution in [0.4, 0.5) is 5.69 Å². The lowest BCUT2D eigenvalue weighted by molar-refractivity contribution is -0.162. The molecule has 2 amide bonds. The van der Waals surface area contributed by atoms with E-state index in [1.54, 1.807) is 17.1 Å². The van der Waals surface area contributed by atoms with Gasteiger partial charge in [-0.25, -0.2) is 0 Å². The highest BCUT2D eigenvalue weighted by Crippen LogP contribution is 2.66. The molecule has 3 aliphatic heterocycles. The first kappa shape index (κ1) is 31.7. The van der Waals surface area contributed by atoms with Gasteiger partial charge >= 0.3 is 5.97 Å². The third-order valence-corrected chi connectivity index (χ3v) is 10.0. The molecule has 0 saturated carbocycles. The summed E-state index contributed by atoms with van der Waals surface area (Å²) in [5.74, 6) is -3.17. The minimum absolute atomic E-state index is 0.134. The first-order valence-electron chi connectivity index (χ1n) is 15.5. The molecule has 44 heavy (non-hydrogen) atoms. The van der Waals surface area contributed by atoms with Gasteiger partial charge in [0.25, 0.3) is 5.91 Å². The molecule has 0 aromatic heterocycles. The number of unbranched alkanes of at least 4 members (excludes halogenated alkanes) is 1. The zero-order valence-corrected chi connectivity index (χ0v) is 26.2. The van der Waals surface area contributed by atoms with Gasteiger partial charge in [-0.05, 0) is 62.6 Å². The number of aliphatic hydroxyl groups is 1. The van der Waals surface area contributed by atoms with E-state index in [2.05, 4.69) is 13.2 Å².